The summed E-state index contributed by atoms with van der Waals surface area (Å²) in [6, 6.07) is 6.13. The zero-order valence-corrected chi connectivity index (χ0v) is 11.3. The minimum Gasteiger partial charge on any atom is -0.441 e. The van der Waals surface area contributed by atoms with Gasteiger partial charge in [-0.1, -0.05) is 6.92 Å². The molecule has 0 spiro atoms. The van der Waals surface area contributed by atoms with Gasteiger partial charge in [0.1, 0.15) is 5.52 Å². The second-order valence-electron chi connectivity index (χ2n) is 4.94. The van der Waals surface area contributed by atoms with E-state index in [1.54, 1.807) is 0 Å². The Morgan fingerprint density at radius 3 is 2.94 bits per heavy atom. The van der Waals surface area contributed by atoms with E-state index in [4.69, 9.17) is 10.2 Å². The summed E-state index contributed by atoms with van der Waals surface area (Å²) < 4.78 is 5.55. The van der Waals surface area contributed by atoms with Crippen molar-refractivity contribution >= 4 is 16.8 Å². The Morgan fingerprint density at radius 2 is 2.22 bits per heavy atom. The van der Waals surface area contributed by atoms with Crippen molar-refractivity contribution in [3.8, 4) is 0 Å². The van der Waals surface area contributed by atoms with Crippen LogP contribution in [0.3, 0.4) is 0 Å². The molecule has 1 atom stereocenters. The van der Waals surface area contributed by atoms with Crippen LogP contribution in [0.1, 0.15) is 19.2 Å². The summed E-state index contributed by atoms with van der Waals surface area (Å²) in [5.74, 6) is 1.27. The predicted molar refractivity (Wildman–Crippen MR) is 74.9 cm³/mol. The van der Waals surface area contributed by atoms with Gasteiger partial charge in [-0.15, -0.1) is 0 Å². The molecule has 0 bridgehead atoms. The third-order valence-corrected chi connectivity index (χ3v) is 3.28. The molecule has 0 radical (unpaired) electrons. The second kappa shape index (κ2) is 5.40. The Balaban J connectivity index is 2.10. The maximum absolute atomic E-state index is 5.63. The first-order chi connectivity index (χ1) is 8.60. The van der Waals surface area contributed by atoms with Gasteiger partial charge >= 0.3 is 0 Å². The van der Waals surface area contributed by atoms with Crippen molar-refractivity contribution in [2.24, 2.45) is 11.7 Å². The number of anilines is 1. The van der Waals surface area contributed by atoms with Crippen LogP contribution >= 0.6 is 0 Å². The monoisotopic (exact) mass is 247 g/mol. The molecule has 2 N–H and O–H groups in total. The number of fused-ring (bicyclic) bond motifs is 1. The normalized spacial score (nSPS) is 12.9. The predicted octanol–water partition coefficient (Wildman–Crippen LogP) is 2.56. The molecule has 0 saturated heterocycles. The molecule has 0 saturated carbocycles. The SMILES string of the molecule is Cc1nc2ccc(N(C)CCC(C)CN)cc2o1. The average molecular weight is 247 g/mol. The van der Waals surface area contributed by atoms with Gasteiger partial charge < -0.3 is 15.1 Å². The van der Waals surface area contributed by atoms with Crippen LogP contribution in [-0.4, -0.2) is 25.1 Å². The molecule has 4 nitrogen and oxygen atoms in total. The first kappa shape index (κ1) is 12.9. The molecule has 0 aliphatic rings. The number of aryl methyl sites for hydroxylation is 1. The second-order valence-corrected chi connectivity index (χ2v) is 4.94. The lowest BCUT2D eigenvalue weighted by atomic mass is 10.1. The summed E-state index contributed by atoms with van der Waals surface area (Å²) in [5.41, 5.74) is 8.56. The molecule has 98 valence electrons. The van der Waals surface area contributed by atoms with Gasteiger partial charge in [0, 0.05) is 32.3 Å². The smallest absolute Gasteiger partial charge is 0.192 e. The van der Waals surface area contributed by atoms with Gasteiger partial charge in [0.2, 0.25) is 0 Å². The molecule has 4 heteroatoms. The highest BCUT2D eigenvalue weighted by Crippen LogP contribution is 2.22. The molecule has 0 aliphatic heterocycles. The molecule has 1 heterocycles. The minimum atomic E-state index is 0.559. The highest BCUT2D eigenvalue weighted by molar-refractivity contribution is 5.77. The van der Waals surface area contributed by atoms with Crippen molar-refractivity contribution < 1.29 is 4.42 Å². The van der Waals surface area contributed by atoms with E-state index in [9.17, 15) is 0 Å². The molecule has 2 rings (SSSR count). The molecule has 2 aromatic rings. The molecule has 1 unspecified atom stereocenters. The molecule has 0 amide bonds. The Morgan fingerprint density at radius 1 is 1.44 bits per heavy atom. The van der Waals surface area contributed by atoms with E-state index in [0.29, 0.717) is 11.8 Å². The van der Waals surface area contributed by atoms with E-state index in [0.717, 1.165) is 36.3 Å². The number of rotatable bonds is 5. The first-order valence-electron chi connectivity index (χ1n) is 6.38. The van der Waals surface area contributed by atoms with Crippen molar-refractivity contribution in [3.05, 3.63) is 24.1 Å². The number of oxazole rings is 1. The summed E-state index contributed by atoms with van der Waals surface area (Å²) in [6.45, 7) is 5.79. The van der Waals surface area contributed by atoms with Crippen molar-refractivity contribution in [1.82, 2.24) is 4.98 Å². The van der Waals surface area contributed by atoms with Crippen LogP contribution in [0.25, 0.3) is 11.1 Å². The van der Waals surface area contributed by atoms with Gasteiger partial charge in [0.15, 0.2) is 11.5 Å². The quantitative estimate of drug-likeness (QED) is 0.882. The zero-order valence-electron chi connectivity index (χ0n) is 11.3. The molecule has 1 aromatic heterocycles. The Labute approximate surface area is 108 Å². The first-order valence-corrected chi connectivity index (χ1v) is 6.38. The molecular formula is C14H21N3O. The molecule has 18 heavy (non-hydrogen) atoms. The highest BCUT2D eigenvalue weighted by atomic mass is 16.3. The van der Waals surface area contributed by atoms with Crippen LogP contribution in [0.5, 0.6) is 0 Å². The Kier molecular flexibility index (Phi) is 3.87. The van der Waals surface area contributed by atoms with E-state index < -0.39 is 0 Å². The van der Waals surface area contributed by atoms with Gasteiger partial charge in [0.25, 0.3) is 0 Å². The molecular weight excluding hydrogens is 226 g/mol. The van der Waals surface area contributed by atoms with Crippen LogP contribution in [0.15, 0.2) is 22.6 Å². The van der Waals surface area contributed by atoms with Gasteiger partial charge in [-0.3, -0.25) is 0 Å². The Bertz CT molecular complexity index is 521. The summed E-state index contributed by atoms with van der Waals surface area (Å²) >= 11 is 0. The third-order valence-electron chi connectivity index (χ3n) is 3.28. The largest absolute Gasteiger partial charge is 0.441 e. The van der Waals surface area contributed by atoms with Crippen molar-refractivity contribution in [2.45, 2.75) is 20.3 Å². The lowest BCUT2D eigenvalue weighted by Crippen LogP contribution is -2.22. The van der Waals surface area contributed by atoms with Gasteiger partial charge in [-0.2, -0.15) is 0 Å². The lowest BCUT2D eigenvalue weighted by Gasteiger charge is -2.20. The number of benzene rings is 1. The van der Waals surface area contributed by atoms with E-state index in [1.165, 1.54) is 0 Å². The number of hydrogen-bond donors (Lipinski definition) is 1. The van der Waals surface area contributed by atoms with Gasteiger partial charge in [-0.25, -0.2) is 4.98 Å². The van der Waals surface area contributed by atoms with Crippen LogP contribution in [0, 0.1) is 12.8 Å². The average Bonchev–Trinajstić information content (AvgIpc) is 2.74. The standard InChI is InChI=1S/C14H21N3O/c1-10(9-15)6-7-17(3)12-4-5-13-14(8-12)18-11(2)16-13/h4-5,8,10H,6-7,9,15H2,1-3H3. The summed E-state index contributed by atoms with van der Waals surface area (Å²) in [4.78, 5) is 6.53. The maximum atomic E-state index is 5.63. The van der Waals surface area contributed by atoms with E-state index in [1.807, 2.05) is 19.1 Å². The van der Waals surface area contributed by atoms with Crippen molar-refractivity contribution in [3.63, 3.8) is 0 Å². The van der Waals surface area contributed by atoms with Crippen LogP contribution in [0.4, 0.5) is 5.69 Å². The summed E-state index contributed by atoms with van der Waals surface area (Å²) in [6.07, 6.45) is 1.10. The summed E-state index contributed by atoms with van der Waals surface area (Å²) in [5, 5.41) is 0. The number of aromatic nitrogens is 1. The fourth-order valence-corrected chi connectivity index (χ4v) is 1.93. The van der Waals surface area contributed by atoms with Gasteiger partial charge in [-0.05, 0) is 31.0 Å². The molecule has 0 aliphatic carbocycles. The molecule has 0 fully saturated rings. The number of nitrogens with two attached hydrogens (primary N) is 1. The fourth-order valence-electron chi connectivity index (χ4n) is 1.93. The third kappa shape index (κ3) is 2.82. The summed E-state index contributed by atoms with van der Waals surface area (Å²) in [7, 11) is 2.09. The number of hydrogen-bond acceptors (Lipinski definition) is 4. The van der Waals surface area contributed by atoms with Crippen LogP contribution in [-0.2, 0) is 0 Å². The lowest BCUT2D eigenvalue weighted by molar-refractivity contribution is 0.544. The topological polar surface area (TPSA) is 55.3 Å². The van der Waals surface area contributed by atoms with Gasteiger partial charge in [0.05, 0.1) is 0 Å². The zero-order chi connectivity index (χ0) is 13.1. The van der Waals surface area contributed by atoms with Crippen molar-refractivity contribution in [2.75, 3.05) is 25.0 Å². The van der Waals surface area contributed by atoms with Crippen LogP contribution < -0.4 is 10.6 Å². The van der Waals surface area contributed by atoms with E-state index >= 15 is 0 Å². The van der Waals surface area contributed by atoms with Crippen LogP contribution in [0.2, 0.25) is 0 Å². The fraction of sp³-hybridized carbons (Fsp3) is 0.500. The molecule has 1 aromatic carbocycles. The minimum absolute atomic E-state index is 0.559. The maximum Gasteiger partial charge on any atom is 0.192 e. The van der Waals surface area contributed by atoms with E-state index in [-0.39, 0.29) is 0 Å². The number of nitrogens with zero attached hydrogens (tertiary/aromatic N) is 2. The van der Waals surface area contributed by atoms with E-state index in [2.05, 4.69) is 29.9 Å². The highest BCUT2D eigenvalue weighted by Gasteiger charge is 2.07. The van der Waals surface area contributed by atoms with Crippen molar-refractivity contribution in [1.29, 1.82) is 0 Å². The Hall–Kier alpha value is -1.55.